The highest BCUT2D eigenvalue weighted by atomic mass is 28.4. The van der Waals surface area contributed by atoms with Crippen molar-refractivity contribution in [3.8, 4) is 0 Å². The zero-order chi connectivity index (χ0) is 11.6. The molecule has 0 aromatic heterocycles. The Morgan fingerprint density at radius 3 is 2.20 bits per heavy atom. The van der Waals surface area contributed by atoms with Gasteiger partial charge in [0.2, 0.25) is 0 Å². The summed E-state index contributed by atoms with van der Waals surface area (Å²) in [4.78, 5) is 0. The average Bonchev–Trinajstić information content (AvgIpc) is 1.99. The third-order valence-electron chi connectivity index (χ3n) is 3.30. The molecule has 0 heterocycles. The van der Waals surface area contributed by atoms with Gasteiger partial charge < -0.3 is 4.43 Å². The maximum atomic E-state index is 6.34. The molecule has 0 spiro atoms. The molecule has 15 heavy (non-hydrogen) atoms. The molecule has 3 unspecified atom stereocenters. The van der Waals surface area contributed by atoms with Crippen LogP contribution in [0.15, 0.2) is 0 Å². The van der Waals surface area contributed by atoms with Gasteiger partial charge in [-0.15, -0.1) is 0 Å². The highest BCUT2D eigenvalue weighted by Crippen LogP contribution is 2.37. The molecule has 0 aromatic rings. The molecule has 1 rings (SSSR count). The van der Waals surface area contributed by atoms with Crippen molar-refractivity contribution < 1.29 is 4.43 Å². The minimum atomic E-state index is -1.38. The highest BCUT2D eigenvalue weighted by molar-refractivity contribution is 6.69. The summed E-state index contributed by atoms with van der Waals surface area (Å²) in [5.41, 5.74) is 0. The fraction of sp³-hybridized carbons (Fsp3) is 0.923. The first kappa shape index (κ1) is 13.2. The van der Waals surface area contributed by atoms with Crippen molar-refractivity contribution in [3.05, 3.63) is 5.92 Å². The van der Waals surface area contributed by atoms with Crippen molar-refractivity contribution in [2.45, 2.75) is 65.8 Å². The Hall–Kier alpha value is 0.177. The largest absolute Gasteiger partial charge is 0.414 e. The predicted molar refractivity (Wildman–Crippen MR) is 69.3 cm³/mol. The van der Waals surface area contributed by atoms with Crippen LogP contribution in [0.2, 0.25) is 19.6 Å². The highest BCUT2D eigenvalue weighted by Gasteiger charge is 2.34. The molecule has 1 aliphatic rings. The fourth-order valence-electron chi connectivity index (χ4n) is 2.57. The Bertz CT molecular complexity index is 195. The molecule has 1 nitrogen and oxygen atoms in total. The van der Waals surface area contributed by atoms with Gasteiger partial charge in [-0.05, 0) is 50.2 Å². The van der Waals surface area contributed by atoms with Crippen molar-refractivity contribution in [1.29, 1.82) is 0 Å². The molecule has 1 saturated carbocycles. The Labute approximate surface area is 96.7 Å². The molecule has 0 aromatic carbocycles. The second-order valence-electron chi connectivity index (χ2n) is 6.37. The zero-order valence-corrected chi connectivity index (χ0v) is 12.3. The van der Waals surface area contributed by atoms with Crippen LogP contribution in [-0.2, 0) is 4.43 Å². The van der Waals surface area contributed by atoms with Gasteiger partial charge in [-0.3, -0.25) is 0 Å². The lowest BCUT2D eigenvalue weighted by Gasteiger charge is -2.40. The Morgan fingerprint density at radius 1 is 1.13 bits per heavy atom. The summed E-state index contributed by atoms with van der Waals surface area (Å²) in [6.45, 7) is 13.8. The fourth-order valence-corrected chi connectivity index (χ4v) is 3.74. The van der Waals surface area contributed by atoms with Gasteiger partial charge in [0.1, 0.15) is 0 Å². The second-order valence-corrected chi connectivity index (χ2v) is 10.8. The molecule has 1 aliphatic carbocycles. The molecule has 3 atom stereocenters. The van der Waals surface area contributed by atoms with Crippen molar-refractivity contribution >= 4 is 8.32 Å². The van der Waals surface area contributed by atoms with E-state index < -0.39 is 8.32 Å². The van der Waals surface area contributed by atoms with Gasteiger partial charge in [0.25, 0.3) is 0 Å². The first-order valence-electron chi connectivity index (χ1n) is 6.27. The second kappa shape index (κ2) is 5.01. The van der Waals surface area contributed by atoms with Crippen LogP contribution in [0.1, 0.15) is 40.0 Å². The van der Waals surface area contributed by atoms with E-state index in [4.69, 9.17) is 4.43 Å². The Morgan fingerprint density at radius 2 is 1.73 bits per heavy atom. The van der Waals surface area contributed by atoms with Crippen molar-refractivity contribution in [2.75, 3.05) is 0 Å². The molecule has 89 valence electrons. The van der Waals surface area contributed by atoms with Gasteiger partial charge in [-0.1, -0.05) is 27.2 Å². The first-order valence-corrected chi connectivity index (χ1v) is 9.68. The van der Waals surface area contributed by atoms with Crippen LogP contribution in [0.3, 0.4) is 0 Å². The molecule has 1 fully saturated rings. The van der Waals surface area contributed by atoms with E-state index in [1.54, 1.807) is 5.92 Å². The lowest BCUT2D eigenvalue weighted by Crippen LogP contribution is -2.41. The minimum absolute atomic E-state index is 0.505. The zero-order valence-electron chi connectivity index (χ0n) is 11.3. The average molecular weight is 227 g/mol. The van der Waals surface area contributed by atoms with E-state index in [0.717, 1.165) is 5.92 Å². The van der Waals surface area contributed by atoms with Crippen molar-refractivity contribution in [3.63, 3.8) is 0 Å². The van der Waals surface area contributed by atoms with Crippen LogP contribution in [0.25, 0.3) is 0 Å². The van der Waals surface area contributed by atoms with Gasteiger partial charge >= 0.3 is 0 Å². The van der Waals surface area contributed by atoms with E-state index in [-0.39, 0.29) is 0 Å². The standard InChI is InChI=1S/C13H27OSi/c1-10(2)12-8-7-11(3)9-13(12)14-15(4,5)6/h11-13H,7-9H2,1-6H3. The van der Waals surface area contributed by atoms with Crippen molar-refractivity contribution in [2.24, 2.45) is 11.8 Å². The maximum Gasteiger partial charge on any atom is 0.184 e. The van der Waals surface area contributed by atoms with Gasteiger partial charge in [0, 0.05) is 6.10 Å². The molecule has 0 N–H and O–H groups in total. The summed E-state index contributed by atoms with van der Waals surface area (Å²) in [6.07, 6.45) is 4.48. The van der Waals surface area contributed by atoms with Gasteiger partial charge in [-0.2, -0.15) is 0 Å². The number of rotatable bonds is 3. The summed E-state index contributed by atoms with van der Waals surface area (Å²) < 4.78 is 6.34. The van der Waals surface area contributed by atoms with Gasteiger partial charge in [0.05, 0.1) is 0 Å². The molecule has 0 bridgehead atoms. The summed E-state index contributed by atoms with van der Waals surface area (Å²) >= 11 is 0. The topological polar surface area (TPSA) is 9.23 Å². The van der Waals surface area contributed by atoms with E-state index >= 15 is 0 Å². The monoisotopic (exact) mass is 227 g/mol. The lowest BCUT2D eigenvalue weighted by atomic mass is 9.75. The van der Waals surface area contributed by atoms with E-state index in [2.05, 4.69) is 40.4 Å². The lowest BCUT2D eigenvalue weighted by molar-refractivity contribution is 0.0713. The SMILES string of the molecule is C[C](C)C1CCC(C)CC1O[Si](C)(C)C. The smallest absolute Gasteiger partial charge is 0.184 e. The van der Waals surface area contributed by atoms with Crippen LogP contribution in [0, 0.1) is 17.8 Å². The molecular formula is C13H27OSi. The molecular weight excluding hydrogens is 200 g/mol. The Balaban J connectivity index is 2.62. The Kier molecular flexibility index (Phi) is 4.42. The molecule has 0 amide bonds. The normalized spacial score (nSPS) is 33.4. The van der Waals surface area contributed by atoms with Crippen molar-refractivity contribution in [1.82, 2.24) is 0 Å². The first-order chi connectivity index (χ1) is 6.79. The van der Waals surface area contributed by atoms with Crippen LogP contribution in [-0.4, -0.2) is 14.4 Å². The summed E-state index contributed by atoms with van der Waals surface area (Å²) in [5.74, 6) is 3.13. The summed E-state index contributed by atoms with van der Waals surface area (Å²) in [7, 11) is -1.38. The van der Waals surface area contributed by atoms with Gasteiger partial charge in [0.15, 0.2) is 8.32 Å². The third kappa shape index (κ3) is 4.27. The third-order valence-corrected chi connectivity index (χ3v) is 4.31. The molecule has 1 radical (unpaired) electrons. The molecule has 2 heteroatoms. The van der Waals surface area contributed by atoms with Crippen LogP contribution in [0.5, 0.6) is 0 Å². The molecule has 0 saturated heterocycles. The van der Waals surface area contributed by atoms with Crippen LogP contribution >= 0.6 is 0 Å². The maximum absolute atomic E-state index is 6.34. The van der Waals surface area contributed by atoms with Gasteiger partial charge in [-0.25, -0.2) is 0 Å². The van der Waals surface area contributed by atoms with Crippen LogP contribution < -0.4 is 0 Å². The minimum Gasteiger partial charge on any atom is -0.414 e. The predicted octanol–water partition coefficient (Wildman–Crippen LogP) is 4.26. The number of hydrogen-bond acceptors (Lipinski definition) is 1. The summed E-state index contributed by atoms with van der Waals surface area (Å²) in [6, 6.07) is 0. The summed E-state index contributed by atoms with van der Waals surface area (Å²) in [5, 5.41) is 0. The van der Waals surface area contributed by atoms with E-state index in [0.29, 0.717) is 12.0 Å². The van der Waals surface area contributed by atoms with Crippen LogP contribution in [0.4, 0.5) is 0 Å². The number of hydrogen-bond donors (Lipinski definition) is 0. The van der Waals surface area contributed by atoms with E-state index in [1.807, 2.05) is 0 Å². The van der Waals surface area contributed by atoms with E-state index in [1.165, 1.54) is 19.3 Å². The van der Waals surface area contributed by atoms with E-state index in [9.17, 15) is 0 Å². The molecule has 0 aliphatic heterocycles. The quantitative estimate of drug-likeness (QED) is 0.655.